The number of rotatable bonds is 2. The molecule has 2 nitrogen and oxygen atoms in total. The average Bonchev–Trinajstić information content (AvgIpc) is 1.59. The van der Waals surface area contributed by atoms with Crippen molar-refractivity contribution in [1.29, 1.82) is 0 Å². The van der Waals surface area contributed by atoms with Crippen molar-refractivity contribution >= 4 is 6.29 Å². The van der Waals surface area contributed by atoms with Crippen LogP contribution in [0.5, 0.6) is 0 Å². The summed E-state index contributed by atoms with van der Waals surface area (Å²) in [6, 6.07) is 0. The molecule has 0 spiro atoms. The molecule has 0 saturated carbocycles. The number of carbonyl (C=O) groups excluding carboxylic acids is 1. The zero-order valence-electron chi connectivity index (χ0n) is 5.47. The van der Waals surface area contributed by atoms with Gasteiger partial charge >= 0.3 is 0 Å². The van der Waals surface area contributed by atoms with E-state index < -0.39 is 0 Å². The quantitative estimate of drug-likeness (QED) is 0.505. The molecule has 0 heterocycles. The minimum Gasteiger partial charge on any atom is -0.362 e. The Morgan fingerprint density at radius 1 is 1.38 bits per heavy atom. The number of carbonyl (C=O) groups is 1. The molecule has 0 amide bonds. The van der Waals surface area contributed by atoms with Gasteiger partial charge in [-0.05, 0) is 20.8 Å². The number of aldehydes is 1. The van der Waals surface area contributed by atoms with Crippen LogP contribution in [-0.2, 0) is 9.53 Å². The van der Waals surface area contributed by atoms with Crippen molar-refractivity contribution in [3.63, 3.8) is 0 Å². The summed E-state index contributed by atoms with van der Waals surface area (Å²) in [6.45, 7) is 6.80. The Morgan fingerprint density at radius 3 is 2.00 bits per heavy atom. The van der Waals surface area contributed by atoms with E-state index in [0.717, 1.165) is 6.61 Å². The summed E-state index contributed by atoms with van der Waals surface area (Å²) in [6.07, 6.45) is 0.630. The van der Waals surface area contributed by atoms with Gasteiger partial charge in [0.1, 0.15) is 6.61 Å². The van der Waals surface area contributed by atoms with Crippen LogP contribution in [0, 0.1) is 6.61 Å². The Hall–Kier alpha value is -0.370. The molecule has 0 aromatic rings. The first-order valence-electron chi connectivity index (χ1n) is 2.51. The minimum atomic E-state index is -0.235. The molecule has 0 aromatic carbocycles. The van der Waals surface area contributed by atoms with Crippen molar-refractivity contribution in [3.8, 4) is 0 Å². The SMILES string of the molecule is CC(C)(C)O[CH]C=O. The van der Waals surface area contributed by atoms with Crippen molar-refractivity contribution in [3.05, 3.63) is 6.61 Å². The molecule has 0 aliphatic carbocycles. The molecule has 0 fully saturated rings. The van der Waals surface area contributed by atoms with Crippen molar-refractivity contribution < 1.29 is 9.53 Å². The molecular formula is C6H11O2. The van der Waals surface area contributed by atoms with Gasteiger partial charge in [0, 0.05) is 0 Å². The Balaban J connectivity index is 3.24. The minimum absolute atomic E-state index is 0.235. The fourth-order valence-corrected chi connectivity index (χ4v) is 0.232. The second kappa shape index (κ2) is 2.82. The van der Waals surface area contributed by atoms with Crippen molar-refractivity contribution in [1.82, 2.24) is 0 Å². The fourth-order valence-electron chi connectivity index (χ4n) is 0.232. The molecule has 8 heavy (non-hydrogen) atoms. The first-order chi connectivity index (χ1) is 3.56. The van der Waals surface area contributed by atoms with Gasteiger partial charge in [-0.2, -0.15) is 0 Å². The van der Waals surface area contributed by atoms with Gasteiger partial charge in [-0.3, -0.25) is 0 Å². The molecule has 0 aliphatic rings. The molecule has 0 aliphatic heterocycles. The predicted octanol–water partition coefficient (Wildman–Crippen LogP) is 1.16. The van der Waals surface area contributed by atoms with Gasteiger partial charge in [-0.1, -0.05) is 0 Å². The number of hydrogen-bond acceptors (Lipinski definition) is 2. The maximum atomic E-state index is 9.67. The molecule has 0 aromatic heterocycles. The summed E-state index contributed by atoms with van der Waals surface area (Å²) >= 11 is 0. The molecule has 47 valence electrons. The first kappa shape index (κ1) is 7.63. The van der Waals surface area contributed by atoms with Crippen molar-refractivity contribution in [2.45, 2.75) is 26.4 Å². The van der Waals surface area contributed by atoms with Crippen LogP contribution in [0.15, 0.2) is 0 Å². The van der Waals surface area contributed by atoms with E-state index in [4.69, 9.17) is 4.74 Å². The van der Waals surface area contributed by atoms with Crippen LogP contribution in [-0.4, -0.2) is 11.9 Å². The maximum absolute atomic E-state index is 9.67. The zero-order valence-corrected chi connectivity index (χ0v) is 5.47. The third-order valence-corrected chi connectivity index (χ3v) is 0.477. The van der Waals surface area contributed by atoms with Gasteiger partial charge in [0.2, 0.25) is 0 Å². The summed E-state index contributed by atoms with van der Waals surface area (Å²) in [5, 5.41) is 0. The van der Waals surface area contributed by atoms with Crippen LogP contribution in [0.2, 0.25) is 0 Å². The Labute approximate surface area is 49.8 Å². The Kier molecular flexibility index (Phi) is 2.69. The van der Waals surface area contributed by atoms with E-state index in [0.29, 0.717) is 6.29 Å². The van der Waals surface area contributed by atoms with Gasteiger partial charge in [0.15, 0.2) is 6.29 Å². The molecular weight excluding hydrogens is 104 g/mol. The number of ether oxygens (including phenoxy) is 1. The first-order valence-corrected chi connectivity index (χ1v) is 2.51. The van der Waals surface area contributed by atoms with Crippen LogP contribution >= 0.6 is 0 Å². The molecule has 2 heteroatoms. The van der Waals surface area contributed by atoms with Gasteiger partial charge < -0.3 is 9.53 Å². The van der Waals surface area contributed by atoms with E-state index >= 15 is 0 Å². The standard InChI is InChI=1S/C6H11O2/c1-6(2,3)8-5-4-7/h4-5H,1-3H3. The van der Waals surface area contributed by atoms with E-state index in [9.17, 15) is 4.79 Å². The maximum Gasteiger partial charge on any atom is 0.151 e. The highest BCUT2D eigenvalue weighted by atomic mass is 16.5. The molecule has 1 radical (unpaired) electrons. The summed E-state index contributed by atoms with van der Waals surface area (Å²) in [5.74, 6) is 0. The lowest BCUT2D eigenvalue weighted by molar-refractivity contribution is -0.110. The lowest BCUT2D eigenvalue weighted by Crippen LogP contribution is -2.17. The van der Waals surface area contributed by atoms with Crippen LogP contribution in [0.3, 0.4) is 0 Å². The summed E-state index contributed by atoms with van der Waals surface area (Å²) in [5.41, 5.74) is -0.235. The summed E-state index contributed by atoms with van der Waals surface area (Å²) in [7, 11) is 0. The van der Waals surface area contributed by atoms with Crippen molar-refractivity contribution in [2.75, 3.05) is 0 Å². The Bertz CT molecular complexity index is 71.1. The van der Waals surface area contributed by atoms with E-state index in [2.05, 4.69) is 0 Å². The van der Waals surface area contributed by atoms with E-state index in [1.165, 1.54) is 0 Å². The molecule has 0 rings (SSSR count). The van der Waals surface area contributed by atoms with E-state index in [1.807, 2.05) is 20.8 Å². The summed E-state index contributed by atoms with van der Waals surface area (Å²) in [4.78, 5) is 9.67. The second-order valence-corrected chi connectivity index (χ2v) is 2.50. The van der Waals surface area contributed by atoms with Crippen LogP contribution < -0.4 is 0 Å². The highest BCUT2D eigenvalue weighted by molar-refractivity contribution is 5.58. The monoisotopic (exact) mass is 115 g/mol. The topological polar surface area (TPSA) is 26.3 Å². The molecule has 0 N–H and O–H groups in total. The van der Waals surface area contributed by atoms with Crippen LogP contribution in [0.1, 0.15) is 20.8 Å². The van der Waals surface area contributed by atoms with Crippen molar-refractivity contribution in [2.24, 2.45) is 0 Å². The molecule has 0 atom stereocenters. The third kappa shape index (κ3) is 5.63. The van der Waals surface area contributed by atoms with Crippen LogP contribution in [0.4, 0.5) is 0 Å². The van der Waals surface area contributed by atoms with Gasteiger partial charge in [-0.15, -0.1) is 0 Å². The lowest BCUT2D eigenvalue weighted by Gasteiger charge is -2.16. The van der Waals surface area contributed by atoms with Gasteiger partial charge in [-0.25, -0.2) is 0 Å². The third-order valence-electron chi connectivity index (χ3n) is 0.477. The predicted molar refractivity (Wildman–Crippen MR) is 31.2 cm³/mol. The highest BCUT2D eigenvalue weighted by Gasteiger charge is 2.08. The fraction of sp³-hybridized carbons (Fsp3) is 0.667. The van der Waals surface area contributed by atoms with Crippen LogP contribution in [0.25, 0.3) is 0 Å². The number of hydrogen-bond donors (Lipinski definition) is 0. The van der Waals surface area contributed by atoms with E-state index in [-0.39, 0.29) is 5.60 Å². The van der Waals surface area contributed by atoms with Gasteiger partial charge in [0.05, 0.1) is 5.60 Å². The lowest BCUT2D eigenvalue weighted by atomic mass is 10.2. The largest absolute Gasteiger partial charge is 0.362 e. The molecule has 0 bridgehead atoms. The molecule has 0 unspecified atom stereocenters. The van der Waals surface area contributed by atoms with E-state index in [1.54, 1.807) is 0 Å². The Morgan fingerprint density at radius 2 is 1.88 bits per heavy atom. The second-order valence-electron chi connectivity index (χ2n) is 2.50. The smallest absolute Gasteiger partial charge is 0.151 e. The molecule has 0 saturated heterocycles. The average molecular weight is 115 g/mol. The highest BCUT2D eigenvalue weighted by Crippen LogP contribution is 2.06. The zero-order chi connectivity index (χ0) is 6.62. The summed E-state index contributed by atoms with van der Waals surface area (Å²) < 4.78 is 4.89. The normalized spacial score (nSPS) is 11.4. The van der Waals surface area contributed by atoms with Gasteiger partial charge in [0.25, 0.3) is 0 Å².